The Labute approximate surface area is 142 Å². The van der Waals surface area contributed by atoms with Gasteiger partial charge in [-0.2, -0.15) is 5.26 Å². The highest BCUT2D eigenvalue weighted by molar-refractivity contribution is 5.48. The number of piperazine rings is 1. The second-order valence-corrected chi connectivity index (χ2v) is 6.84. The fraction of sp³-hybridized carbons (Fsp3) is 0.474. The van der Waals surface area contributed by atoms with Crippen LogP contribution in [0, 0.1) is 18.3 Å². The summed E-state index contributed by atoms with van der Waals surface area (Å²) in [6, 6.07) is 10.9. The zero-order valence-corrected chi connectivity index (χ0v) is 14.0. The van der Waals surface area contributed by atoms with Crippen LogP contribution in [0.4, 0.5) is 5.88 Å². The highest BCUT2D eigenvalue weighted by atomic mass is 16.4. The lowest BCUT2D eigenvalue weighted by Crippen LogP contribution is -2.46. The smallest absolute Gasteiger partial charge is 0.234 e. The van der Waals surface area contributed by atoms with E-state index < -0.39 is 0 Å². The first kappa shape index (κ1) is 15.2. The second kappa shape index (κ2) is 6.29. The Morgan fingerprint density at radius 1 is 1.17 bits per heavy atom. The van der Waals surface area contributed by atoms with Crippen LogP contribution < -0.4 is 4.90 Å². The van der Waals surface area contributed by atoms with Crippen LogP contribution in [-0.4, -0.2) is 36.1 Å². The maximum absolute atomic E-state index is 9.32. The summed E-state index contributed by atoms with van der Waals surface area (Å²) in [4.78, 5) is 9.00. The predicted octanol–water partition coefficient (Wildman–Crippen LogP) is 3.05. The maximum Gasteiger partial charge on any atom is 0.234 e. The number of aromatic nitrogens is 1. The number of anilines is 1. The molecule has 2 aromatic rings. The zero-order chi connectivity index (χ0) is 16.5. The first-order chi connectivity index (χ1) is 11.7. The van der Waals surface area contributed by atoms with Crippen molar-refractivity contribution in [1.29, 1.82) is 5.26 Å². The summed E-state index contributed by atoms with van der Waals surface area (Å²) in [5.41, 5.74) is 3.09. The summed E-state index contributed by atoms with van der Waals surface area (Å²) in [7, 11) is 0. The summed E-state index contributed by atoms with van der Waals surface area (Å²) in [5, 5.41) is 9.32. The van der Waals surface area contributed by atoms with Crippen LogP contribution in [0.2, 0.25) is 0 Å². The van der Waals surface area contributed by atoms with Crippen molar-refractivity contribution in [3.05, 3.63) is 47.0 Å². The lowest BCUT2D eigenvalue weighted by atomic mass is 10.1. The molecule has 124 valence electrons. The minimum Gasteiger partial charge on any atom is -0.423 e. The number of rotatable bonds is 4. The molecular weight excluding hydrogens is 300 g/mol. The molecule has 2 aliphatic rings. The molecule has 1 saturated heterocycles. The molecule has 1 aliphatic heterocycles. The van der Waals surface area contributed by atoms with E-state index in [4.69, 9.17) is 4.42 Å². The number of oxazole rings is 1. The minimum absolute atomic E-state index is 0.439. The molecule has 2 heterocycles. The summed E-state index contributed by atoms with van der Waals surface area (Å²) >= 11 is 0. The molecule has 0 atom stereocenters. The summed E-state index contributed by atoms with van der Waals surface area (Å²) in [6.07, 6.45) is 2.27. The van der Waals surface area contributed by atoms with E-state index in [2.05, 4.69) is 52.0 Å². The van der Waals surface area contributed by atoms with Crippen LogP contribution in [-0.2, 0) is 6.54 Å². The van der Waals surface area contributed by atoms with Crippen molar-refractivity contribution < 1.29 is 4.42 Å². The van der Waals surface area contributed by atoms with Crippen molar-refractivity contribution in [1.82, 2.24) is 9.88 Å². The van der Waals surface area contributed by atoms with Gasteiger partial charge in [0.25, 0.3) is 0 Å². The molecule has 1 aromatic carbocycles. The lowest BCUT2D eigenvalue weighted by molar-refractivity contribution is 0.245. The normalized spacial score (nSPS) is 18.6. The molecule has 0 bridgehead atoms. The average Bonchev–Trinajstić information content (AvgIpc) is 3.37. The van der Waals surface area contributed by atoms with E-state index in [-0.39, 0.29) is 0 Å². The van der Waals surface area contributed by atoms with Gasteiger partial charge in [-0.05, 0) is 25.3 Å². The molecule has 0 amide bonds. The molecule has 0 spiro atoms. The van der Waals surface area contributed by atoms with Gasteiger partial charge in [0.1, 0.15) is 6.07 Å². The molecule has 4 rings (SSSR count). The van der Waals surface area contributed by atoms with Gasteiger partial charge in [-0.15, -0.1) is 0 Å². The molecule has 0 radical (unpaired) electrons. The van der Waals surface area contributed by atoms with Gasteiger partial charge in [0.2, 0.25) is 17.5 Å². The fourth-order valence-electron chi connectivity index (χ4n) is 3.18. The molecule has 0 unspecified atom stereocenters. The summed E-state index contributed by atoms with van der Waals surface area (Å²) in [6.45, 7) is 6.78. The largest absolute Gasteiger partial charge is 0.423 e. The van der Waals surface area contributed by atoms with E-state index in [9.17, 15) is 5.26 Å². The third-order valence-corrected chi connectivity index (χ3v) is 4.84. The highest BCUT2D eigenvalue weighted by Gasteiger charge is 2.32. The summed E-state index contributed by atoms with van der Waals surface area (Å²) in [5.74, 6) is 1.87. The van der Waals surface area contributed by atoms with E-state index in [0.717, 1.165) is 51.5 Å². The van der Waals surface area contributed by atoms with E-state index in [0.29, 0.717) is 17.5 Å². The number of nitrogens with zero attached hydrogens (tertiary/aromatic N) is 4. The third kappa shape index (κ3) is 3.15. The van der Waals surface area contributed by atoms with Gasteiger partial charge in [0, 0.05) is 38.6 Å². The van der Waals surface area contributed by atoms with Crippen molar-refractivity contribution in [3.8, 4) is 6.07 Å². The van der Waals surface area contributed by atoms with Gasteiger partial charge >= 0.3 is 0 Å². The first-order valence-corrected chi connectivity index (χ1v) is 8.66. The SMILES string of the molecule is Cc1ccc(CN2CCN(c3oc(C4CC4)nc3C#N)CC2)cc1. The Morgan fingerprint density at radius 3 is 2.50 bits per heavy atom. The van der Waals surface area contributed by atoms with Gasteiger partial charge in [-0.1, -0.05) is 29.8 Å². The van der Waals surface area contributed by atoms with Crippen molar-refractivity contribution in [3.63, 3.8) is 0 Å². The quantitative estimate of drug-likeness (QED) is 0.866. The first-order valence-electron chi connectivity index (χ1n) is 8.66. The van der Waals surface area contributed by atoms with Crippen molar-refractivity contribution in [2.45, 2.75) is 32.2 Å². The molecule has 1 aliphatic carbocycles. The number of benzene rings is 1. The standard InChI is InChI=1S/C19H22N4O/c1-14-2-4-15(5-3-14)13-22-8-10-23(11-9-22)19-17(12-20)21-18(24-19)16-6-7-16/h2-5,16H,6-11,13H2,1H3. The highest BCUT2D eigenvalue weighted by Crippen LogP contribution is 2.41. The zero-order valence-electron chi connectivity index (χ0n) is 14.0. The van der Waals surface area contributed by atoms with E-state index >= 15 is 0 Å². The number of hydrogen-bond acceptors (Lipinski definition) is 5. The average molecular weight is 322 g/mol. The minimum atomic E-state index is 0.439. The molecule has 5 nitrogen and oxygen atoms in total. The van der Waals surface area contributed by atoms with Crippen molar-refractivity contribution in [2.24, 2.45) is 0 Å². The number of hydrogen-bond donors (Lipinski definition) is 0. The van der Waals surface area contributed by atoms with Crippen LogP contribution >= 0.6 is 0 Å². The Balaban J connectivity index is 1.39. The van der Waals surface area contributed by atoms with Crippen molar-refractivity contribution >= 4 is 5.88 Å². The molecule has 0 N–H and O–H groups in total. The Kier molecular flexibility index (Phi) is 3.99. The molecule has 5 heteroatoms. The Bertz CT molecular complexity index is 747. The fourth-order valence-corrected chi connectivity index (χ4v) is 3.18. The number of nitriles is 1. The third-order valence-electron chi connectivity index (χ3n) is 4.84. The van der Waals surface area contributed by atoms with Gasteiger partial charge in [-0.3, -0.25) is 4.90 Å². The Morgan fingerprint density at radius 2 is 1.88 bits per heavy atom. The Hall–Kier alpha value is -2.32. The maximum atomic E-state index is 9.32. The predicted molar refractivity (Wildman–Crippen MR) is 91.9 cm³/mol. The van der Waals surface area contributed by atoms with Crippen LogP contribution in [0.15, 0.2) is 28.7 Å². The van der Waals surface area contributed by atoms with Gasteiger partial charge in [0.05, 0.1) is 0 Å². The van der Waals surface area contributed by atoms with Crippen molar-refractivity contribution in [2.75, 3.05) is 31.1 Å². The van der Waals surface area contributed by atoms with Gasteiger partial charge < -0.3 is 9.32 Å². The number of aryl methyl sites for hydroxylation is 1. The van der Waals surface area contributed by atoms with Crippen LogP contribution in [0.1, 0.15) is 41.5 Å². The van der Waals surface area contributed by atoms with E-state index in [1.54, 1.807) is 0 Å². The summed E-state index contributed by atoms with van der Waals surface area (Å²) < 4.78 is 5.91. The lowest BCUT2D eigenvalue weighted by Gasteiger charge is -2.34. The monoisotopic (exact) mass is 322 g/mol. The molecule has 24 heavy (non-hydrogen) atoms. The topological polar surface area (TPSA) is 56.3 Å². The molecule has 1 aromatic heterocycles. The molecular formula is C19H22N4O. The van der Waals surface area contributed by atoms with Gasteiger partial charge in [0.15, 0.2) is 0 Å². The van der Waals surface area contributed by atoms with E-state index in [1.807, 2.05) is 0 Å². The van der Waals surface area contributed by atoms with E-state index in [1.165, 1.54) is 11.1 Å². The van der Waals surface area contributed by atoms with Crippen LogP contribution in [0.5, 0.6) is 0 Å². The van der Waals surface area contributed by atoms with Crippen LogP contribution in [0.3, 0.4) is 0 Å². The molecule has 1 saturated carbocycles. The van der Waals surface area contributed by atoms with Crippen LogP contribution in [0.25, 0.3) is 0 Å². The second-order valence-electron chi connectivity index (χ2n) is 6.84. The molecule has 2 fully saturated rings. The van der Waals surface area contributed by atoms with Gasteiger partial charge in [-0.25, -0.2) is 4.98 Å².